The van der Waals surface area contributed by atoms with Gasteiger partial charge in [0.15, 0.2) is 6.10 Å². The molecular weight excluding hydrogens is 952 g/mol. The number of allylic oxidation sites excluding steroid dienone is 6. The molecule has 0 aliphatic heterocycles. The number of hydrogen-bond acceptors (Lipinski definition) is 10. The smallest absolute Gasteiger partial charge is 0.462 e. The zero-order valence-electron chi connectivity index (χ0n) is 48.1. The molecule has 3 atom stereocenters. The molecule has 0 saturated carbocycles. The van der Waals surface area contributed by atoms with Gasteiger partial charge in [-0.15, -0.1) is 0 Å². The summed E-state index contributed by atoms with van der Waals surface area (Å²) in [5.74, 6) is -1.47. The van der Waals surface area contributed by atoms with Crippen molar-refractivity contribution in [1.29, 1.82) is 0 Å². The van der Waals surface area contributed by atoms with Crippen LogP contribution < -0.4 is 0 Å². The van der Waals surface area contributed by atoms with E-state index in [-0.39, 0.29) is 25.9 Å². The molecule has 0 aromatic heterocycles. The number of carbonyl (C=O) groups is 3. The lowest BCUT2D eigenvalue weighted by atomic mass is 10.0. The van der Waals surface area contributed by atoms with E-state index in [0.717, 1.165) is 103 Å². The van der Waals surface area contributed by atoms with Gasteiger partial charge in [0, 0.05) is 19.3 Å². The van der Waals surface area contributed by atoms with Gasteiger partial charge < -0.3 is 24.2 Å². The van der Waals surface area contributed by atoms with E-state index in [9.17, 15) is 28.9 Å². The van der Waals surface area contributed by atoms with Crippen LogP contribution in [0.25, 0.3) is 0 Å². The normalized spacial score (nSPS) is 13.5. The zero-order valence-corrected chi connectivity index (χ0v) is 49.0. The molecule has 0 saturated heterocycles. The minimum atomic E-state index is -4.75. The Labute approximate surface area is 454 Å². The molecule has 2 N–H and O–H groups in total. The predicted molar refractivity (Wildman–Crippen MR) is 307 cm³/mol. The van der Waals surface area contributed by atoms with Gasteiger partial charge in [0.2, 0.25) is 0 Å². The highest BCUT2D eigenvalue weighted by Gasteiger charge is 2.28. The first-order valence-corrected chi connectivity index (χ1v) is 32.4. The van der Waals surface area contributed by atoms with Crippen LogP contribution >= 0.6 is 7.82 Å². The quantitative estimate of drug-likeness (QED) is 0.0197. The largest absolute Gasteiger partial charge is 0.472 e. The molecule has 11 nitrogen and oxygen atoms in total. The highest BCUT2D eigenvalue weighted by Crippen LogP contribution is 2.43. The number of phosphoric ester groups is 1. The molecule has 0 aromatic rings. The van der Waals surface area contributed by atoms with E-state index in [0.29, 0.717) is 19.3 Å². The van der Waals surface area contributed by atoms with Gasteiger partial charge in [-0.25, -0.2) is 4.57 Å². The molecule has 0 spiro atoms. The topological polar surface area (TPSA) is 155 Å². The van der Waals surface area contributed by atoms with Crippen molar-refractivity contribution < 1.29 is 52.2 Å². The molecule has 12 heteroatoms. The molecule has 0 aliphatic carbocycles. The van der Waals surface area contributed by atoms with Crippen molar-refractivity contribution in [2.45, 2.75) is 315 Å². The molecule has 74 heavy (non-hydrogen) atoms. The number of aliphatic hydroxyl groups excluding tert-OH is 1. The van der Waals surface area contributed by atoms with Crippen molar-refractivity contribution >= 4 is 25.7 Å². The maximum absolute atomic E-state index is 12.9. The predicted octanol–water partition coefficient (Wildman–Crippen LogP) is 18.4. The number of phosphoric acid groups is 1. The number of rotatable bonds is 58. The average molecular weight is 1070 g/mol. The summed E-state index contributed by atoms with van der Waals surface area (Å²) >= 11 is 0. The maximum Gasteiger partial charge on any atom is 0.472 e. The van der Waals surface area contributed by atoms with Crippen LogP contribution in [0, 0.1) is 0 Å². The molecule has 0 bridgehead atoms. The molecule has 3 unspecified atom stereocenters. The van der Waals surface area contributed by atoms with Gasteiger partial charge in [0.05, 0.1) is 19.8 Å². The summed E-state index contributed by atoms with van der Waals surface area (Å²) < 4.78 is 39.6. The fourth-order valence-corrected chi connectivity index (χ4v) is 9.58. The maximum atomic E-state index is 12.9. The Kier molecular flexibility index (Phi) is 55.1. The van der Waals surface area contributed by atoms with Crippen molar-refractivity contribution in [3.63, 3.8) is 0 Å². The third kappa shape index (κ3) is 54.5. The summed E-state index contributed by atoms with van der Waals surface area (Å²) in [5.41, 5.74) is 0. The number of unbranched alkanes of at least 4 members (excludes halogenated alkanes) is 35. The zero-order chi connectivity index (χ0) is 54.1. The minimum absolute atomic E-state index is 0.163. The number of carbonyl (C=O) groups excluding carboxylic acids is 3. The molecule has 434 valence electrons. The second-order valence-corrected chi connectivity index (χ2v) is 22.3. The second kappa shape index (κ2) is 56.9. The highest BCUT2D eigenvalue weighted by molar-refractivity contribution is 7.47. The van der Waals surface area contributed by atoms with Crippen LogP contribution in [0.2, 0.25) is 0 Å². The molecule has 0 rings (SSSR count). The summed E-state index contributed by atoms with van der Waals surface area (Å²) in [7, 11) is -4.75. The standard InChI is InChI=1S/C62H115O11P/c1-4-7-10-13-16-19-22-25-27-28-29-30-32-35-38-41-44-47-50-53-62(66)73-59(55-69-60(64)51-48-45-42-39-36-33-24-21-18-15-12-9-6-3)57-71-74(67,68)70-56-58(54-63)72-61(65)52-49-46-43-40-37-34-31-26-23-20-17-14-11-8-5-2/h17,20-21,24,26,31,58-59,63H,4-16,18-19,22-23,25,27-30,32-57H2,1-3H3,(H,67,68)/b20-17-,24-21-,31-26-. The van der Waals surface area contributed by atoms with Gasteiger partial charge in [-0.1, -0.05) is 243 Å². The fourth-order valence-electron chi connectivity index (χ4n) is 8.79. The van der Waals surface area contributed by atoms with Crippen LogP contribution in [-0.4, -0.2) is 66.5 Å². The summed E-state index contributed by atoms with van der Waals surface area (Å²) in [5, 5.41) is 9.82. The number of esters is 3. The molecule has 0 aliphatic rings. The van der Waals surface area contributed by atoms with Crippen LogP contribution in [0.3, 0.4) is 0 Å². The Balaban J connectivity index is 4.67. The monoisotopic (exact) mass is 1070 g/mol. The van der Waals surface area contributed by atoms with Crippen molar-refractivity contribution in [2.75, 3.05) is 26.4 Å². The molecule has 0 amide bonds. The summed E-state index contributed by atoms with van der Waals surface area (Å²) in [6, 6.07) is 0. The van der Waals surface area contributed by atoms with E-state index in [1.807, 2.05) is 0 Å². The number of ether oxygens (including phenoxy) is 3. The van der Waals surface area contributed by atoms with Crippen molar-refractivity contribution in [1.82, 2.24) is 0 Å². The Morgan fingerprint density at radius 1 is 0.378 bits per heavy atom. The van der Waals surface area contributed by atoms with E-state index >= 15 is 0 Å². The van der Waals surface area contributed by atoms with Crippen LogP contribution in [0.5, 0.6) is 0 Å². The SMILES string of the molecule is CCCCC/C=C\C/C=C\CCCCCCCC(=O)OC(CO)COP(=O)(O)OCC(COC(=O)CCCCCCC/C=C\CCCCCC)OC(=O)CCCCCCCCCCCCCCCCCCCCC. The summed E-state index contributed by atoms with van der Waals surface area (Å²) in [4.78, 5) is 48.6. The third-order valence-corrected chi connectivity index (χ3v) is 14.5. The van der Waals surface area contributed by atoms with Crippen molar-refractivity contribution in [2.24, 2.45) is 0 Å². The van der Waals surface area contributed by atoms with Crippen LogP contribution in [0.1, 0.15) is 303 Å². The van der Waals surface area contributed by atoms with Crippen LogP contribution in [0.15, 0.2) is 36.5 Å². The van der Waals surface area contributed by atoms with Gasteiger partial charge in [0.25, 0.3) is 0 Å². The summed E-state index contributed by atoms with van der Waals surface area (Å²) in [6.45, 7) is 4.63. The highest BCUT2D eigenvalue weighted by atomic mass is 31.2. The molecule has 0 fully saturated rings. The van der Waals surface area contributed by atoms with E-state index in [1.165, 1.54) is 141 Å². The first kappa shape index (κ1) is 71.7. The lowest BCUT2D eigenvalue weighted by Crippen LogP contribution is -2.30. The number of hydrogen-bond donors (Lipinski definition) is 2. The van der Waals surface area contributed by atoms with Crippen LogP contribution in [-0.2, 0) is 42.2 Å². The van der Waals surface area contributed by atoms with Gasteiger partial charge in [-0.05, 0) is 77.0 Å². The van der Waals surface area contributed by atoms with Gasteiger partial charge in [0.1, 0.15) is 12.7 Å². The van der Waals surface area contributed by atoms with Gasteiger partial charge >= 0.3 is 25.7 Å². The lowest BCUT2D eigenvalue weighted by molar-refractivity contribution is -0.161. The minimum Gasteiger partial charge on any atom is -0.462 e. The molecule has 0 radical (unpaired) electrons. The van der Waals surface area contributed by atoms with Crippen molar-refractivity contribution in [3.05, 3.63) is 36.5 Å². The van der Waals surface area contributed by atoms with Crippen LogP contribution in [0.4, 0.5) is 0 Å². The third-order valence-electron chi connectivity index (χ3n) is 13.5. The van der Waals surface area contributed by atoms with Gasteiger partial charge in [-0.2, -0.15) is 0 Å². The average Bonchev–Trinajstić information content (AvgIpc) is 3.39. The van der Waals surface area contributed by atoms with Crippen molar-refractivity contribution in [3.8, 4) is 0 Å². The molecular formula is C62H115O11P. The Bertz CT molecular complexity index is 1380. The fraction of sp³-hybridized carbons (Fsp3) is 0.855. The Morgan fingerprint density at radius 3 is 1.05 bits per heavy atom. The lowest BCUT2D eigenvalue weighted by Gasteiger charge is -2.21. The van der Waals surface area contributed by atoms with E-state index in [1.54, 1.807) is 0 Å². The molecule has 0 heterocycles. The van der Waals surface area contributed by atoms with E-state index in [2.05, 4.69) is 57.2 Å². The van der Waals surface area contributed by atoms with Gasteiger partial charge in [-0.3, -0.25) is 23.4 Å². The van der Waals surface area contributed by atoms with E-state index in [4.69, 9.17) is 23.3 Å². The Morgan fingerprint density at radius 2 is 0.662 bits per heavy atom. The first-order chi connectivity index (χ1) is 36.2. The number of aliphatic hydroxyl groups is 1. The molecule has 0 aromatic carbocycles. The Hall–Kier alpha value is -2.30. The first-order valence-electron chi connectivity index (χ1n) is 30.9. The summed E-state index contributed by atoms with van der Waals surface area (Å²) in [6.07, 6.45) is 59.5. The second-order valence-electron chi connectivity index (χ2n) is 20.9. The van der Waals surface area contributed by atoms with E-state index < -0.39 is 57.8 Å².